The van der Waals surface area contributed by atoms with Gasteiger partial charge in [0.05, 0.1) is 7.11 Å². The number of aliphatic hydroxyl groups is 2. The van der Waals surface area contributed by atoms with E-state index in [1.807, 2.05) is 12.1 Å². The first-order valence-electron chi connectivity index (χ1n) is 7.79. The first kappa shape index (κ1) is 17.8. The minimum Gasteiger partial charge on any atom is -0.504 e. The molecule has 1 aromatic carbocycles. The summed E-state index contributed by atoms with van der Waals surface area (Å²) in [7, 11) is 1.53. The van der Waals surface area contributed by atoms with Crippen LogP contribution >= 0.6 is 0 Å². The molecule has 4 nitrogen and oxygen atoms in total. The standard InChI is InChI=1S/C17H28O4/c1-3-4-6-11-17(19,20)12-7-5-8-14-9-10-15(18)16(13-14)21-2/h9-10,13,18-20H,3-8,11-12H2,1-2H3. The maximum absolute atomic E-state index is 9.86. The number of phenolic OH excluding ortho intramolecular Hbond substituents is 1. The molecule has 0 heterocycles. The molecule has 0 atom stereocenters. The fourth-order valence-corrected chi connectivity index (χ4v) is 2.40. The molecule has 0 bridgehead atoms. The highest BCUT2D eigenvalue weighted by Crippen LogP contribution is 2.27. The lowest BCUT2D eigenvalue weighted by atomic mass is 9.99. The van der Waals surface area contributed by atoms with Crippen molar-refractivity contribution >= 4 is 0 Å². The molecule has 0 aliphatic rings. The van der Waals surface area contributed by atoms with Crippen molar-refractivity contribution in [3.05, 3.63) is 23.8 Å². The lowest BCUT2D eigenvalue weighted by Gasteiger charge is -2.21. The van der Waals surface area contributed by atoms with Crippen molar-refractivity contribution < 1.29 is 20.1 Å². The summed E-state index contributed by atoms with van der Waals surface area (Å²) in [6.45, 7) is 2.10. The minimum absolute atomic E-state index is 0.141. The third-order valence-corrected chi connectivity index (χ3v) is 3.72. The van der Waals surface area contributed by atoms with Gasteiger partial charge in [0, 0.05) is 12.8 Å². The zero-order valence-electron chi connectivity index (χ0n) is 13.1. The minimum atomic E-state index is -1.53. The van der Waals surface area contributed by atoms with Crippen molar-refractivity contribution in [3.63, 3.8) is 0 Å². The number of benzene rings is 1. The van der Waals surface area contributed by atoms with Crippen molar-refractivity contribution in [2.45, 2.75) is 64.1 Å². The SMILES string of the molecule is CCCCCC(O)(O)CCCCc1ccc(O)c(OC)c1. The molecular formula is C17H28O4. The van der Waals surface area contributed by atoms with Gasteiger partial charge >= 0.3 is 0 Å². The molecule has 3 N–H and O–H groups in total. The predicted molar refractivity (Wildman–Crippen MR) is 83.5 cm³/mol. The summed E-state index contributed by atoms with van der Waals surface area (Å²) in [6, 6.07) is 5.31. The topological polar surface area (TPSA) is 69.9 Å². The van der Waals surface area contributed by atoms with Gasteiger partial charge in [0.1, 0.15) is 0 Å². The van der Waals surface area contributed by atoms with E-state index in [2.05, 4.69) is 6.92 Å². The summed E-state index contributed by atoms with van der Waals surface area (Å²) in [6.07, 6.45) is 6.32. The Morgan fingerprint density at radius 1 is 1.05 bits per heavy atom. The number of methoxy groups -OCH3 is 1. The van der Waals surface area contributed by atoms with Crippen molar-refractivity contribution in [2.75, 3.05) is 7.11 Å². The molecule has 21 heavy (non-hydrogen) atoms. The van der Waals surface area contributed by atoms with Crippen LogP contribution in [0.25, 0.3) is 0 Å². The predicted octanol–water partition coefficient (Wildman–Crippen LogP) is 3.37. The lowest BCUT2D eigenvalue weighted by molar-refractivity contribution is -0.172. The van der Waals surface area contributed by atoms with Crippen LogP contribution in [0.15, 0.2) is 18.2 Å². The fraction of sp³-hybridized carbons (Fsp3) is 0.647. The number of hydrogen-bond acceptors (Lipinski definition) is 4. The Kier molecular flexibility index (Phi) is 7.54. The van der Waals surface area contributed by atoms with Gasteiger partial charge in [0.2, 0.25) is 0 Å². The third kappa shape index (κ3) is 6.82. The highest BCUT2D eigenvalue weighted by atomic mass is 16.5. The Morgan fingerprint density at radius 3 is 2.33 bits per heavy atom. The van der Waals surface area contributed by atoms with Crippen molar-refractivity contribution in [3.8, 4) is 11.5 Å². The number of aryl methyl sites for hydroxylation is 1. The molecule has 120 valence electrons. The number of phenols is 1. The third-order valence-electron chi connectivity index (χ3n) is 3.72. The van der Waals surface area contributed by atoms with E-state index in [4.69, 9.17) is 4.74 Å². The van der Waals surface area contributed by atoms with E-state index < -0.39 is 5.79 Å². The summed E-state index contributed by atoms with van der Waals surface area (Å²) in [4.78, 5) is 0. The Bertz CT molecular complexity index is 415. The average Bonchev–Trinajstić information content (AvgIpc) is 2.45. The van der Waals surface area contributed by atoms with Crippen LogP contribution < -0.4 is 4.74 Å². The summed E-state index contributed by atoms with van der Waals surface area (Å²) >= 11 is 0. The maximum atomic E-state index is 9.86. The molecular weight excluding hydrogens is 268 g/mol. The summed E-state index contributed by atoms with van der Waals surface area (Å²) in [5, 5.41) is 29.2. The van der Waals surface area contributed by atoms with E-state index in [1.54, 1.807) is 6.07 Å². The van der Waals surface area contributed by atoms with Crippen LogP contribution in [0.4, 0.5) is 0 Å². The smallest absolute Gasteiger partial charge is 0.162 e. The Balaban J connectivity index is 2.30. The van der Waals surface area contributed by atoms with Crippen LogP contribution in [0.1, 0.15) is 57.4 Å². The van der Waals surface area contributed by atoms with Gasteiger partial charge in [-0.05, 0) is 43.4 Å². The zero-order chi connectivity index (χ0) is 15.7. The number of ether oxygens (including phenoxy) is 1. The maximum Gasteiger partial charge on any atom is 0.162 e. The van der Waals surface area contributed by atoms with Gasteiger partial charge in [-0.3, -0.25) is 0 Å². The second-order valence-corrected chi connectivity index (χ2v) is 5.65. The van der Waals surface area contributed by atoms with E-state index in [-0.39, 0.29) is 5.75 Å². The van der Waals surface area contributed by atoms with Gasteiger partial charge in [0.25, 0.3) is 0 Å². The van der Waals surface area contributed by atoms with Crippen LogP contribution in [0.3, 0.4) is 0 Å². The average molecular weight is 296 g/mol. The molecule has 0 saturated carbocycles. The molecule has 0 aliphatic heterocycles. The van der Waals surface area contributed by atoms with Gasteiger partial charge in [-0.2, -0.15) is 0 Å². The molecule has 0 aromatic heterocycles. The Labute approximate surface area is 127 Å². The lowest BCUT2D eigenvalue weighted by Crippen LogP contribution is -2.27. The first-order chi connectivity index (χ1) is 9.98. The summed E-state index contributed by atoms with van der Waals surface area (Å²) in [5.74, 6) is -0.908. The van der Waals surface area contributed by atoms with E-state index in [9.17, 15) is 15.3 Å². The molecule has 4 heteroatoms. The molecule has 0 spiro atoms. The quantitative estimate of drug-likeness (QED) is 0.457. The van der Waals surface area contributed by atoms with Gasteiger partial charge in [0.15, 0.2) is 17.3 Å². The van der Waals surface area contributed by atoms with Crippen LogP contribution in [0.5, 0.6) is 11.5 Å². The number of unbranched alkanes of at least 4 members (excludes halogenated alkanes) is 3. The molecule has 0 radical (unpaired) electrons. The Hall–Kier alpha value is -1.26. The second kappa shape index (κ2) is 8.90. The Morgan fingerprint density at radius 2 is 1.71 bits per heavy atom. The van der Waals surface area contributed by atoms with E-state index >= 15 is 0 Å². The number of aromatic hydroxyl groups is 1. The van der Waals surface area contributed by atoms with Crippen LogP contribution in [0, 0.1) is 0 Å². The van der Waals surface area contributed by atoms with Crippen molar-refractivity contribution in [2.24, 2.45) is 0 Å². The van der Waals surface area contributed by atoms with E-state index in [1.165, 1.54) is 7.11 Å². The summed E-state index contributed by atoms with van der Waals surface area (Å²) in [5.41, 5.74) is 1.08. The van der Waals surface area contributed by atoms with Crippen molar-refractivity contribution in [1.29, 1.82) is 0 Å². The summed E-state index contributed by atoms with van der Waals surface area (Å²) < 4.78 is 5.07. The molecule has 0 unspecified atom stereocenters. The van der Waals surface area contributed by atoms with Gasteiger partial charge < -0.3 is 20.1 Å². The molecule has 1 rings (SSSR count). The molecule has 1 aromatic rings. The highest BCUT2D eigenvalue weighted by molar-refractivity contribution is 5.41. The van der Waals surface area contributed by atoms with Crippen LogP contribution in [-0.2, 0) is 6.42 Å². The number of rotatable bonds is 10. The molecule has 0 amide bonds. The second-order valence-electron chi connectivity index (χ2n) is 5.65. The molecule has 0 fully saturated rings. The monoisotopic (exact) mass is 296 g/mol. The van der Waals surface area contributed by atoms with E-state index in [0.29, 0.717) is 18.6 Å². The largest absolute Gasteiger partial charge is 0.504 e. The van der Waals surface area contributed by atoms with E-state index in [0.717, 1.165) is 44.1 Å². The molecule has 0 aliphatic carbocycles. The van der Waals surface area contributed by atoms with Crippen molar-refractivity contribution in [1.82, 2.24) is 0 Å². The van der Waals surface area contributed by atoms with Crippen LogP contribution in [-0.4, -0.2) is 28.2 Å². The molecule has 0 saturated heterocycles. The van der Waals surface area contributed by atoms with Gasteiger partial charge in [-0.25, -0.2) is 0 Å². The highest BCUT2D eigenvalue weighted by Gasteiger charge is 2.21. The van der Waals surface area contributed by atoms with Gasteiger partial charge in [-0.15, -0.1) is 0 Å². The fourth-order valence-electron chi connectivity index (χ4n) is 2.40. The number of hydrogen-bond donors (Lipinski definition) is 3. The van der Waals surface area contributed by atoms with Gasteiger partial charge in [-0.1, -0.05) is 25.8 Å². The first-order valence-corrected chi connectivity index (χ1v) is 7.79. The van der Waals surface area contributed by atoms with Crippen LogP contribution in [0.2, 0.25) is 0 Å². The zero-order valence-corrected chi connectivity index (χ0v) is 13.1. The normalized spacial score (nSPS) is 11.6.